The molecule has 0 atom stereocenters. The second-order valence-electron chi connectivity index (χ2n) is 5.34. The molecule has 98 valence electrons. The van der Waals surface area contributed by atoms with Gasteiger partial charge in [-0.05, 0) is 35.6 Å². The number of amides is 1. The van der Waals surface area contributed by atoms with E-state index in [0.717, 1.165) is 19.3 Å². The summed E-state index contributed by atoms with van der Waals surface area (Å²) in [5.41, 5.74) is 6.50. The maximum Gasteiger partial charge on any atom is 0.240 e. The standard InChI is InChI=1S/C16H18N2O/c17-16(8-9-16)15(19)18-10-7-12-5-6-13-3-1-2-4-14(13)11-12/h1-6,11H,7-10,17H2,(H,18,19). The Kier molecular flexibility index (Phi) is 2.99. The first-order valence-electron chi connectivity index (χ1n) is 6.72. The Morgan fingerprint density at radius 1 is 1.16 bits per heavy atom. The largest absolute Gasteiger partial charge is 0.354 e. The fraction of sp³-hybridized carbons (Fsp3) is 0.312. The van der Waals surface area contributed by atoms with Crippen LogP contribution in [0.25, 0.3) is 10.8 Å². The Morgan fingerprint density at radius 3 is 2.63 bits per heavy atom. The highest BCUT2D eigenvalue weighted by Gasteiger charge is 2.45. The monoisotopic (exact) mass is 254 g/mol. The molecule has 1 saturated carbocycles. The second kappa shape index (κ2) is 4.67. The zero-order valence-corrected chi connectivity index (χ0v) is 10.9. The molecule has 0 spiro atoms. The summed E-state index contributed by atoms with van der Waals surface area (Å²) in [6.45, 7) is 0.649. The molecule has 3 rings (SSSR count). The van der Waals surface area contributed by atoms with Crippen LogP contribution in [-0.4, -0.2) is 18.0 Å². The maximum atomic E-state index is 11.7. The predicted molar refractivity (Wildman–Crippen MR) is 76.8 cm³/mol. The molecule has 1 aliphatic rings. The normalized spacial score (nSPS) is 16.3. The van der Waals surface area contributed by atoms with Crippen molar-refractivity contribution >= 4 is 16.7 Å². The van der Waals surface area contributed by atoms with Gasteiger partial charge in [0.1, 0.15) is 0 Å². The number of carbonyl (C=O) groups is 1. The Balaban J connectivity index is 1.60. The Hall–Kier alpha value is -1.87. The quantitative estimate of drug-likeness (QED) is 0.876. The van der Waals surface area contributed by atoms with Gasteiger partial charge in [0.25, 0.3) is 0 Å². The molecule has 3 nitrogen and oxygen atoms in total. The summed E-state index contributed by atoms with van der Waals surface area (Å²) in [6, 6.07) is 14.7. The predicted octanol–water partition coefficient (Wildman–Crippen LogP) is 1.99. The summed E-state index contributed by atoms with van der Waals surface area (Å²) < 4.78 is 0. The van der Waals surface area contributed by atoms with Gasteiger partial charge in [-0.1, -0.05) is 42.5 Å². The topological polar surface area (TPSA) is 55.1 Å². The molecular weight excluding hydrogens is 236 g/mol. The molecule has 0 aromatic heterocycles. The third kappa shape index (κ3) is 2.61. The van der Waals surface area contributed by atoms with Crippen molar-refractivity contribution in [2.45, 2.75) is 24.8 Å². The van der Waals surface area contributed by atoms with E-state index in [1.807, 2.05) is 12.1 Å². The third-order valence-electron chi connectivity index (χ3n) is 3.75. The van der Waals surface area contributed by atoms with Crippen molar-refractivity contribution in [1.29, 1.82) is 0 Å². The first-order chi connectivity index (χ1) is 9.17. The summed E-state index contributed by atoms with van der Waals surface area (Å²) >= 11 is 0. The van der Waals surface area contributed by atoms with Gasteiger partial charge in [-0.15, -0.1) is 0 Å². The summed E-state index contributed by atoms with van der Waals surface area (Å²) in [6.07, 6.45) is 2.47. The zero-order chi connectivity index (χ0) is 13.3. The zero-order valence-electron chi connectivity index (χ0n) is 10.9. The van der Waals surface area contributed by atoms with Crippen LogP contribution >= 0.6 is 0 Å². The lowest BCUT2D eigenvalue weighted by Gasteiger charge is -2.10. The van der Waals surface area contributed by atoms with Crippen LogP contribution in [0.2, 0.25) is 0 Å². The molecular formula is C16H18N2O. The van der Waals surface area contributed by atoms with Crippen LogP contribution in [0.3, 0.4) is 0 Å². The van der Waals surface area contributed by atoms with Crippen LogP contribution in [-0.2, 0) is 11.2 Å². The molecule has 2 aromatic rings. The first-order valence-corrected chi connectivity index (χ1v) is 6.72. The molecule has 3 N–H and O–H groups in total. The van der Waals surface area contributed by atoms with Gasteiger partial charge in [-0.2, -0.15) is 0 Å². The van der Waals surface area contributed by atoms with Gasteiger partial charge in [0.15, 0.2) is 0 Å². The number of nitrogens with two attached hydrogens (primary N) is 1. The number of nitrogens with one attached hydrogen (secondary N) is 1. The molecule has 1 amide bonds. The smallest absolute Gasteiger partial charge is 0.240 e. The Bertz CT molecular complexity index is 617. The molecule has 19 heavy (non-hydrogen) atoms. The van der Waals surface area contributed by atoms with E-state index in [1.165, 1.54) is 16.3 Å². The number of carbonyl (C=O) groups excluding carboxylic acids is 1. The minimum absolute atomic E-state index is 0.00621. The molecule has 0 heterocycles. The summed E-state index contributed by atoms with van der Waals surface area (Å²) in [5.74, 6) is -0.00621. The highest BCUT2D eigenvalue weighted by Crippen LogP contribution is 2.31. The fourth-order valence-electron chi connectivity index (χ4n) is 2.25. The van der Waals surface area contributed by atoms with Gasteiger partial charge in [0.2, 0.25) is 5.91 Å². The summed E-state index contributed by atoms with van der Waals surface area (Å²) in [5, 5.41) is 5.40. The summed E-state index contributed by atoms with van der Waals surface area (Å²) in [4.78, 5) is 11.7. The van der Waals surface area contributed by atoms with E-state index in [2.05, 4.69) is 35.6 Å². The lowest BCUT2D eigenvalue weighted by Crippen LogP contribution is -2.43. The van der Waals surface area contributed by atoms with Crippen LogP contribution < -0.4 is 11.1 Å². The van der Waals surface area contributed by atoms with E-state index in [4.69, 9.17) is 5.73 Å². The van der Waals surface area contributed by atoms with Crippen molar-refractivity contribution < 1.29 is 4.79 Å². The van der Waals surface area contributed by atoms with Crippen LogP contribution in [0.5, 0.6) is 0 Å². The molecule has 0 aliphatic heterocycles. The van der Waals surface area contributed by atoms with E-state index in [-0.39, 0.29) is 5.91 Å². The van der Waals surface area contributed by atoms with Gasteiger partial charge < -0.3 is 11.1 Å². The number of hydrogen-bond acceptors (Lipinski definition) is 2. The van der Waals surface area contributed by atoms with Crippen molar-refractivity contribution in [2.24, 2.45) is 5.73 Å². The number of rotatable bonds is 4. The van der Waals surface area contributed by atoms with Crippen molar-refractivity contribution in [3.05, 3.63) is 48.0 Å². The Morgan fingerprint density at radius 2 is 1.89 bits per heavy atom. The summed E-state index contributed by atoms with van der Waals surface area (Å²) in [7, 11) is 0. The SMILES string of the molecule is NC1(C(=O)NCCc2ccc3ccccc3c2)CC1. The average molecular weight is 254 g/mol. The molecule has 0 radical (unpaired) electrons. The molecule has 1 fully saturated rings. The van der Waals surface area contributed by atoms with Crippen molar-refractivity contribution in [1.82, 2.24) is 5.32 Å². The van der Waals surface area contributed by atoms with Crippen LogP contribution in [0.1, 0.15) is 18.4 Å². The van der Waals surface area contributed by atoms with E-state index in [1.54, 1.807) is 0 Å². The lowest BCUT2D eigenvalue weighted by molar-refractivity contribution is -0.123. The highest BCUT2D eigenvalue weighted by atomic mass is 16.2. The first kappa shape index (κ1) is 12.2. The van der Waals surface area contributed by atoms with Crippen molar-refractivity contribution in [2.75, 3.05) is 6.54 Å². The lowest BCUT2D eigenvalue weighted by atomic mass is 10.1. The molecule has 3 heteroatoms. The molecule has 0 bridgehead atoms. The van der Waals surface area contributed by atoms with Gasteiger partial charge in [0.05, 0.1) is 5.54 Å². The maximum absolute atomic E-state index is 11.7. The van der Waals surface area contributed by atoms with Crippen molar-refractivity contribution in [3.8, 4) is 0 Å². The van der Waals surface area contributed by atoms with Crippen molar-refractivity contribution in [3.63, 3.8) is 0 Å². The highest BCUT2D eigenvalue weighted by molar-refractivity contribution is 5.89. The molecule has 0 saturated heterocycles. The van der Waals surface area contributed by atoms with Crippen LogP contribution in [0.4, 0.5) is 0 Å². The van der Waals surface area contributed by atoms with E-state index in [9.17, 15) is 4.79 Å². The van der Waals surface area contributed by atoms with Gasteiger partial charge in [0, 0.05) is 6.54 Å². The van der Waals surface area contributed by atoms with E-state index in [0.29, 0.717) is 6.54 Å². The van der Waals surface area contributed by atoms with Crippen LogP contribution in [0.15, 0.2) is 42.5 Å². The number of benzene rings is 2. The molecule has 2 aromatic carbocycles. The van der Waals surface area contributed by atoms with Crippen LogP contribution in [0, 0.1) is 0 Å². The average Bonchev–Trinajstić information content (AvgIpc) is 3.18. The number of fused-ring (bicyclic) bond motifs is 1. The number of hydrogen-bond donors (Lipinski definition) is 2. The van der Waals surface area contributed by atoms with Gasteiger partial charge in [-0.3, -0.25) is 4.79 Å². The minimum Gasteiger partial charge on any atom is -0.354 e. The van der Waals surface area contributed by atoms with Gasteiger partial charge in [-0.25, -0.2) is 0 Å². The Labute approximate surface area is 112 Å². The molecule has 0 unspecified atom stereocenters. The minimum atomic E-state index is -0.566. The second-order valence-corrected chi connectivity index (χ2v) is 5.34. The van der Waals surface area contributed by atoms with E-state index < -0.39 is 5.54 Å². The third-order valence-corrected chi connectivity index (χ3v) is 3.75. The van der Waals surface area contributed by atoms with E-state index >= 15 is 0 Å². The fourth-order valence-corrected chi connectivity index (χ4v) is 2.25. The van der Waals surface area contributed by atoms with Gasteiger partial charge >= 0.3 is 0 Å². The molecule has 1 aliphatic carbocycles.